The molecule has 1 aromatic heterocycles. The number of nitrogens with two attached hydrogens (primary N) is 1. The fourth-order valence-corrected chi connectivity index (χ4v) is 1.04. The summed E-state index contributed by atoms with van der Waals surface area (Å²) < 4.78 is 0. The molecule has 80 valence electrons. The zero-order valence-electron chi connectivity index (χ0n) is 7.93. The lowest BCUT2D eigenvalue weighted by atomic mass is 10.2. The van der Waals surface area contributed by atoms with Gasteiger partial charge in [0.25, 0.3) is 11.8 Å². The summed E-state index contributed by atoms with van der Waals surface area (Å²) in [4.78, 5) is 26.1. The Labute approximate surface area is 86.1 Å². The van der Waals surface area contributed by atoms with Crippen LogP contribution in [0.25, 0.3) is 0 Å². The number of aliphatic hydroxyl groups excluding tert-OH is 1. The van der Waals surface area contributed by atoms with E-state index in [1.54, 1.807) is 0 Å². The summed E-state index contributed by atoms with van der Waals surface area (Å²) in [6.45, 7) is -0.0713. The van der Waals surface area contributed by atoms with Crippen molar-refractivity contribution in [3.05, 3.63) is 29.6 Å². The van der Waals surface area contributed by atoms with E-state index in [9.17, 15) is 9.59 Å². The molecule has 0 bridgehead atoms. The number of amides is 2. The highest BCUT2D eigenvalue weighted by atomic mass is 16.3. The summed E-state index contributed by atoms with van der Waals surface area (Å²) in [5.41, 5.74) is 5.11. The first-order chi connectivity index (χ1) is 7.16. The molecule has 0 saturated carbocycles. The monoisotopic (exact) mass is 209 g/mol. The zero-order valence-corrected chi connectivity index (χ0v) is 7.93. The van der Waals surface area contributed by atoms with Crippen molar-refractivity contribution < 1.29 is 14.7 Å². The lowest BCUT2D eigenvalue weighted by Crippen LogP contribution is -2.29. The van der Waals surface area contributed by atoms with Crippen molar-refractivity contribution in [1.29, 1.82) is 0 Å². The molecule has 0 aliphatic carbocycles. The predicted molar refractivity (Wildman–Crippen MR) is 52.2 cm³/mol. The summed E-state index contributed by atoms with van der Waals surface area (Å²) in [5, 5.41) is 10.9. The smallest absolute Gasteiger partial charge is 0.270 e. The van der Waals surface area contributed by atoms with Crippen molar-refractivity contribution >= 4 is 11.8 Å². The first-order valence-electron chi connectivity index (χ1n) is 4.30. The summed E-state index contributed by atoms with van der Waals surface area (Å²) in [6, 6.07) is 2.94. The van der Waals surface area contributed by atoms with Gasteiger partial charge in [-0.3, -0.25) is 14.6 Å². The van der Waals surface area contributed by atoms with E-state index in [1.807, 2.05) is 0 Å². The fourth-order valence-electron chi connectivity index (χ4n) is 1.04. The molecule has 0 saturated heterocycles. The van der Waals surface area contributed by atoms with Crippen LogP contribution in [0.3, 0.4) is 0 Å². The topological polar surface area (TPSA) is 105 Å². The lowest BCUT2D eigenvalue weighted by molar-refractivity contribution is 0.0924. The van der Waals surface area contributed by atoms with E-state index < -0.39 is 11.8 Å². The van der Waals surface area contributed by atoms with Gasteiger partial charge in [-0.25, -0.2) is 0 Å². The minimum Gasteiger partial charge on any atom is -0.395 e. The van der Waals surface area contributed by atoms with Gasteiger partial charge in [0, 0.05) is 12.7 Å². The molecule has 0 unspecified atom stereocenters. The lowest BCUT2D eigenvalue weighted by Gasteiger charge is -2.05. The van der Waals surface area contributed by atoms with Crippen molar-refractivity contribution in [3.8, 4) is 0 Å². The first-order valence-corrected chi connectivity index (χ1v) is 4.30. The minimum absolute atomic E-state index is 0.0292. The van der Waals surface area contributed by atoms with Gasteiger partial charge < -0.3 is 16.2 Å². The summed E-state index contributed by atoms with van der Waals surface area (Å²) in [7, 11) is 0. The van der Waals surface area contributed by atoms with E-state index in [1.165, 1.54) is 18.3 Å². The van der Waals surface area contributed by atoms with Crippen LogP contribution in [0.4, 0.5) is 0 Å². The van der Waals surface area contributed by atoms with Crippen LogP contribution in [0.5, 0.6) is 0 Å². The first kappa shape index (κ1) is 11.1. The molecule has 0 radical (unpaired) electrons. The van der Waals surface area contributed by atoms with Crippen molar-refractivity contribution in [2.75, 3.05) is 13.2 Å². The van der Waals surface area contributed by atoms with Crippen molar-refractivity contribution in [3.63, 3.8) is 0 Å². The molecule has 15 heavy (non-hydrogen) atoms. The number of nitrogens with one attached hydrogen (secondary N) is 1. The molecule has 2 amide bonds. The number of pyridine rings is 1. The highest BCUT2D eigenvalue weighted by Gasteiger charge is 2.15. The Morgan fingerprint density at radius 2 is 2.27 bits per heavy atom. The second-order valence-electron chi connectivity index (χ2n) is 2.74. The summed E-state index contributed by atoms with van der Waals surface area (Å²) in [6.07, 6.45) is 1.39. The number of aromatic nitrogens is 1. The molecule has 0 fully saturated rings. The van der Waals surface area contributed by atoms with E-state index in [4.69, 9.17) is 10.8 Å². The van der Waals surface area contributed by atoms with Crippen molar-refractivity contribution in [2.45, 2.75) is 0 Å². The SMILES string of the molecule is NC(=O)c1cccnc1C(=O)NCCO. The Hall–Kier alpha value is -1.95. The molecule has 6 heteroatoms. The number of aliphatic hydroxyl groups is 1. The van der Waals surface area contributed by atoms with Gasteiger partial charge in [-0.1, -0.05) is 0 Å². The van der Waals surface area contributed by atoms with Crippen LogP contribution in [-0.2, 0) is 0 Å². The van der Waals surface area contributed by atoms with Crippen molar-refractivity contribution in [1.82, 2.24) is 10.3 Å². The van der Waals surface area contributed by atoms with E-state index in [-0.39, 0.29) is 24.4 Å². The van der Waals surface area contributed by atoms with Crippen molar-refractivity contribution in [2.24, 2.45) is 5.73 Å². The zero-order chi connectivity index (χ0) is 11.3. The third-order valence-corrected chi connectivity index (χ3v) is 1.69. The standard InChI is InChI=1S/C9H11N3O3/c10-8(14)6-2-1-3-11-7(6)9(15)12-4-5-13/h1-3,13H,4-5H2,(H2,10,14)(H,12,15). The maximum atomic E-state index is 11.4. The van der Waals surface area contributed by atoms with Crippen LogP contribution in [0.1, 0.15) is 20.8 Å². The van der Waals surface area contributed by atoms with Crippen LogP contribution in [0.15, 0.2) is 18.3 Å². The molecule has 1 rings (SSSR count). The van der Waals surface area contributed by atoms with E-state index in [2.05, 4.69) is 10.3 Å². The van der Waals surface area contributed by atoms with Gasteiger partial charge in [0.05, 0.1) is 12.2 Å². The highest BCUT2D eigenvalue weighted by molar-refractivity contribution is 6.05. The van der Waals surface area contributed by atoms with E-state index in [0.29, 0.717) is 0 Å². The summed E-state index contributed by atoms with van der Waals surface area (Å²) in [5.74, 6) is -1.24. The maximum Gasteiger partial charge on any atom is 0.270 e. The molecule has 6 nitrogen and oxygen atoms in total. The van der Waals surface area contributed by atoms with Gasteiger partial charge in [-0.2, -0.15) is 0 Å². The molecule has 0 aliphatic heterocycles. The average Bonchev–Trinajstić information content (AvgIpc) is 2.25. The van der Waals surface area contributed by atoms with Crippen LogP contribution in [0.2, 0.25) is 0 Å². The molecule has 0 atom stereocenters. The largest absolute Gasteiger partial charge is 0.395 e. The molecule has 0 aromatic carbocycles. The Morgan fingerprint density at radius 1 is 1.53 bits per heavy atom. The van der Waals surface area contributed by atoms with Crippen LogP contribution in [0, 0.1) is 0 Å². The number of nitrogens with zero attached hydrogens (tertiary/aromatic N) is 1. The number of carbonyl (C=O) groups excluding carboxylic acids is 2. The molecular formula is C9H11N3O3. The van der Waals surface area contributed by atoms with E-state index in [0.717, 1.165) is 0 Å². The Bertz CT molecular complexity index is 379. The number of primary amides is 1. The van der Waals surface area contributed by atoms with Crippen LogP contribution >= 0.6 is 0 Å². The molecule has 1 aromatic rings. The number of hydrogen-bond donors (Lipinski definition) is 3. The number of carbonyl (C=O) groups is 2. The highest BCUT2D eigenvalue weighted by Crippen LogP contribution is 2.03. The third kappa shape index (κ3) is 2.75. The quantitative estimate of drug-likeness (QED) is 0.585. The fraction of sp³-hybridized carbons (Fsp3) is 0.222. The van der Waals surface area contributed by atoms with Gasteiger partial charge in [-0.05, 0) is 12.1 Å². The second-order valence-corrected chi connectivity index (χ2v) is 2.74. The molecule has 4 N–H and O–H groups in total. The normalized spacial score (nSPS) is 9.67. The number of rotatable bonds is 4. The minimum atomic E-state index is -0.711. The van der Waals surface area contributed by atoms with Gasteiger partial charge in [0.2, 0.25) is 0 Å². The molecule has 0 spiro atoms. The Kier molecular flexibility index (Phi) is 3.75. The summed E-state index contributed by atoms with van der Waals surface area (Å²) >= 11 is 0. The molecular weight excluding hydrogens is 198 g/mol. The van der Waals surface area contributed by atoms with Crippen LogP contribution < -0.4 is 11.1 Å². The van der Waals surface area contributed by atoms with Crippen LogP contribution in [-0.4, -0.2) is 35.1 Å². The maximum absolute atomic E-state index is 11.4. The molecule has 0 aliphatic rings. The average molecular weight is 209 g/mol. The number of hydrogen-bond acceptors (Lipinski definition) is 4. The Balaban J connectivity index is 2.92. The Morgan fingerprint density at radius 3 is 2.87 bits per heavy atom. The van der Waals surface area contributed by atoms with Gasteiger partial charge >= 0.3 is 0 Å². The van der Waals surface area contributed by atoms with E-state index >= 15 is 0 Å². The predicted octanol–water partition coefficient (Wildman–Crippen LogP) is -1.10. The van der Waals surface area contributed by atoms with Gasteiger partial charge in [0.1, 0.15) is 5.69 Å². The van der Waals surface area contributed by atoms with Gasteiger partial charge in [0.15, 0.2) is 0 Å². The second kappa shape index (κ2) is 5.06. The third-order valence-electron chi connectivity index (χ3n) is 1.69. The molecule has 1 heterocycles. The van der Waals surface area contributed by atoms with Gasteiger partial charge in [-0.15, -0.1) is 0 Å².